The van der Waals surface area contributed by atoms with E-state index in [0.717, 1.165) is 0 Å². The fraction of sp³-hybridized carbons (Fsp3) is 0.933. The van der Waals surface area contributed by atoms with Crippen LogP contribution in [0.4, 0.5) is 0 Å². The van der Waals surface area contributed by atoms with Crippen molar-refractivity contribution in [3.8, 4) is 0 Å². The summed E-state index contributed by atoms with van der Waals surface area (Å²) in [7, 11) is 0. The van der Waals surface area contributed by atoms with E-state index in [9.17, 15) is 15.0 Å². The van der Waals surface area contributed by atoms with Crippen molar-refractivity contribution in [1.82, 2.24) is 0 Å². The number of rotatable bonds is 3. The third kappa shape index (κ3) is 2.82. The Morgan fingerprint density at radius 3 is 2.19 bits per heavy atom. The average Bonchev–Trinajstić information content (AvgIpc) is 2.99. The fourth-order valence-electron chi connectivity index (χ4n) is 3.46. The van der Waals surface area contributed by atoms with Gasteiger partial charge in [0.15, 0.2) is 6.29 Å². The summed E-state index contributed by atoms with van der Waals surface area (Å²) < 4.78 is 16.6. The van der Waals surface area contributed by atoms with E-state index < -0.39 is 17.1 Å². The molecular formula is C15H24O6. The van der Waals surface area contributed by atoms with Crippen molar-refractivity contribution < 1.29 is 29.2 Å². The molecule has 21 heavy (non-hydrogen) atoms. The quantitative estimate of drug-likeness (QED) is 0.586. The summed E-state index contributed by atoms with van der Waals surface area (Å²) >= 11 is 0. The number of epoxide rings is 1. The number of hydrogen-bond donors (Lipinski definition) is 2. The highest BCUT2D eigenvalue weighted by atomic mass is 16.8. The Hall–Kier alpha value is -0.690. The summed E-state index contributed by atoms with van der Waals surface area (Å²) in [6.07, 6.45) is -0.0293. The zero-order valence-electron chi connectivity index (χ0n) is 12.9. The minimum Gasteiger partial charge on any atom is -0.459 e. The molecule has 6 nitrogen and oxygen atoms in total. The Balaban J connectivity index is 1.70. The van der Waals surface area contributed by atoms with Crippen molar-refractivity contribution in [3.05, 3.63) is 0 Å². The zero-order valence-corrected chi connectivity index (χ0v) is 12.9. The van der Waals surface area contributed by atoms with E-state index in [-0.39, 0.29) is 36.5 Å². The Labute approximate surface area is 124 Å². The lowest BCUT2D eigenvalue weighted by Gasteiger charge is -2.35. The van der Waals surface area contributed by atoms with E-state index in [2.05, 4.69) is 0 Å². The minimum atomic E-state index is -1.10. The van der Waals surface area contributed by atoms with Crippen molar-refractivity contribution in [3.63, 3.8) is 0 Å². The molecule has 3 saturated heterocycles. The molecule has 6 heteroatoms. The van der Waals surface area contributed by atoms with Gasteiger partial charge >= 0.3 is 5.97 Å². The summed E-state index contributed by atoms with van der Waals surface area (Å²) in [6.45, 7) is 6.75. The Kier molecular flexibility index (Phi) is 3.37. The van der Waals surface area contributed by atoms with Crippen LogP contribution in [0.15, 0.2) is 0 Å². The standard InChI is InChI=1S/C15H24O6/c1-14(2,17)7-5-10(20-13-11(7)21-13)9-6-8(12(16)19-9)15(3,4)18/h7-11,13,17-18H,5-6H2,1-4H3. The highest BCUT2D eigenvalue weighted by Crippen LogP contribution is 2.47. The molecule has 2 N–H and O–H groups in total. The summed E-state index contributed by atoms with van der Waals surface area (Å²) in [5.74, 6) is -0.958. The second-order valence-electron chi connectivity index (χ2n) is 7.56. The van der Waals surface area contributed by atoms with Crippen LogP contribution in [-0.2, 0) is 19.0 Å². The lowest BCUT2D eigenvalue weighted by molar-refractivity contribution is -0.158. The minimum absolute atomic E-state index is 0.0406. The van der Waals surface area contributed by atoms with Gasteiger partial charge in [0.1, 0.15) is 12.2 Å². The highest BCUT2D eigenvalue weighted by molar-refractivity contribution is 5.76. The zero-order chi connectivity index (χ0) is 15.6. The molecule has 120 valence electrons. The molecule has 0 bridgehead atoms. The smallest absolute Gasteiger partial charge is 0.312 e. The van der Waals surface area contributed by atoms with Crippen LogP contribution in [0.3, 0.4) is 0 Å². The number of ether oxygens (including phenoxy) is 3. The number of aliphatic hydroxyl groups is 2. The van der Waals surface area contributed by atoms with Crippen LogP contribution in [0.25, 0.3) is 0 Å². The van der Waals surface area contributed by atoms with E-state index >= 15 is 0 Å². The van der Waals surface area contributed by atoms with E-state index in [4.69, 9.17) is 14.2 Å². The normalized spacial score (nSPS) is 43.4. The van der Waals surface area contributed by atoms with Crippen LogP contribution in [0.1, 0.15) is 40.5 Å². The Morgan fingerprint density at radius 1 is 1.00 bits per heavy atom. The number of hydrogen-bond acceptors (Lipinski definition) is 6. The monoisotopic (exact) mass is 300 g/mol. The molecule has 0 amide bonds. The third-order valence-corrected chi connectivity index (χ3v) is 4.87. The predicted octanol–water partition coefficient (Wildman–Crippen LogP) is 0.590. The van der Waals surface area contributed by atoms with Gasteiger partial charge in [-0.1, -0.05) is 0 Å². The predicted molar refractivity (Wildman–Crippen MR) is 72.2 cm³/mol. The molecule has 0 aliphatic carbocycles. The first-order valence-electron chi connectivity index (χ1n) is 7.53. The van der Waals surface area contributed by atoms with Crippen LogP contribution in [-0.4, -0.2) is 52.0 Å². The van der Waals surface area contributed by atoms with Gasteiger partial charge in [-0.25, -0.2) is 0 Å². The number of fused-ring (bicyclic) bond motifs is 1. The molecule has 0 aromatic heterocycles. The number of carbonyl (C=O) groups is 1. The van der Waals surface area contributed by atoms with Crippen LogP contribution in [0, 0.1) is 11.8 Å². The van der Waals surface area contributed by atoms with Gasteiger partial charge in [0, 0.05) is 12.3 Å². The lowest BCUT2D eigenvalue weighted by Crippen LogP contribution is -2.45. The maximum absolute atomic E-state index is 11.9. The van der Waals surface area contributed by atoms with Crippen molar-refractivity contribution >= 4 is 5.97 Å². The van der Waals surface area contributed by atoms with Gasteiger partial charge in [-0.05, 0) is 34.1 Å². The first kappa shape index (κ1) is 15.2. The van der Waals surface area contributed by atoms with Crippen LogP contribution < -0.4 is 0 Å². The molecule has 0 aromatic rings. The first-order valence-corrected chi connectivity index (χ1v) is 7.53. The maximum atomic E-state index is 11.9. The SMILES string of the molecule is CC(C)(O)C1CC(C2CC(C(C)(C)O)C3OC3O2)OC1=O. The lowest BCUT2D eigenvalue weighted by atomic mass is 9.79. The van der Waals surface area contributed by atoms with Gasteiger partial charge < -0.3 is 24.4 Å². The van der Waals surface area contributed by atoms with Crippen LogP contribution in [0.5, 0.6) is 0 Å². The molecule has 3 fully saturated rings. The van der Waals surface area contributed by atoms with Gasteiger partial charge in [-0.2, -0.15) is 0 Å². The van der Waals surface area contributed by atoms with Crippen molar-refractivity contribution in [1.29, 1.82) is 0 Å². The number of cyclic esters (lactones) is 1. The second kappa shape index (κ2) is 4.65. The highest BCUT2D eigenvalue weighted by Gasteiger charge is 2.59. The third-order valence-electron chi connectivity index (χ3n) is 4.87. The summed E-state index contributed by atoms with van der Waals surface area (Å²) in [4.78, 5) is 11.9. The van der Waals surface area contributed by atoms with Gasteiger partial charge in [0.25, 0.3) is 0 Å². The molecule has 6 unspecified atom stereocenters. The molecule has 3 heterocycles. The van der Waals surface area contributed by atoms with E-state index in [1.165, 1.54) is 0 Å². The molecule has 0 spiro atoms. The molecule has 6 atom stereocenters. The summed E-state index contributed by atoms with van der Waals surface area (Å²) in [6, 6.07) is 0. The molecule has 0 radical (unpaired) electrons. The first-order chi connectivity index (χ1) is 9.57. The molecular weight excluding hydrogens is 276 g/mol. The molecule has 0 aromatic carbocycles. The van der Waals surface area contributed by atoms with E-state index in [1.807, 2.05) is 0 Å². The molecule has 3 aliphatic rings. The maximum Gasteiger partial charge on any atom is 0.312 e. The number of carbonyl (C=O) groups excluding carboxylic acids is 1. The number of esters is 1. The second-order valence-corrected chi connectivity index (χ2v) is 7.56. The average molecular weight is 300 g/mol. The topological polar surface area (TPSA) is 88.5 Å². The van der Waals surface area contributed by atoms with E-state index in [0.29, 0.717) is 12.8 Å². The summed E-state index contributed by atoms with van der Waals surface area (Å²) in [5.41, 5.74) is -1.96. The van der Waals surface area contributed by atoms with Crippen LogP contribution >= 0.6 is 0 Å². The van der Waals surface area contributed by atoms with Crippen molar-refractivity contribution in [2.45, 2.75) is 76.3 Å². The molecule has 0 saturated carbocycles. The van der Waals surface area contributed by atoms with Gasteiger partial charge in [-0.3, -0.25) is 4.79 Å². The Morgan fingerprint density at radius 2 is 1.67 bits per heavy atom. The summed E-state index contributed by atoms with van der Waals surface area (Å²) in [5, 5.41) is 20.3. The van der Waals surface area contributed by atoms with Crippen molar-refractivity contribution in [2.75, 3.05) is 0 Å². The molecule has 3 rings (SSSR count). The van der Waals surface area contributed by atoms with Gasteiger partial charge in [-0.15, -0.1) is 0 Å². The fourth-order valence-corrected chi connectivity index (χ4v) is 3.46. The van der Waals surface area contributed by atoms with Gasteiger partial charge in [0.05, 0.1) is 23.2 Å². The molecule has 3 aliphatic heterocycles. The van der Waals surface area contributed by atoms with E-state index in [1.54, 1.807) is 27.7 Å². The largest absolute Gasteiger partial charge is 0.459 e. The Bertz CT molecular complexity index is 434. The van der Waals surface area contributed by atoms with Gasteiger partial charge in [0.2, 0.25) is 0 Å². The van der Waals surface area contributed by atoms with Crippen molar-refractivity contribution in [2.24, 2.45) is 11.8 Å². The van der Waals surface area contributed by atoms with Crippen LogP contribution in [0.2, 0.25) is 0 Å².